The third kappa shape index (κ3) is 4.85. The van der Waals surface area contributed by atoms with Gasteiger partial charge in [-0.05, 0) is 50.3 Å². The number of esters is 1. The number of alkyl halides is 6. The van der Waals surface area contributed by atoms with E-state index in [2.05, 4.69) is 4.18 Å². The molecule has 1 spiro atoms. The van der Waals surface area contributed by atoms with Gasteiger partial charge in [0.15, 0.2) is 11.2 Å². The lowest BCUT2D eigenvalue weighted by Crippen LogP contribution is -2.46. The van der Waals surface area contributed by atoms with Crippen LogP contribution in [0.5, 0.6) is 5.75 Å². The number of benzene rings is 1. The Hall–Kier alpha value is -3.56. The second-order valence-corrected chi connectivity index (χ2v) is 10.6. The van der Waals surface area contributed by atoms with Gasteiger partial charge in [0, 0.05) is 30.4 Å². The number of hydrogen-bond donors (Lipinski definition) is 0. The highest BCUT2D eigenvalue weighted by atomic mass is 32.2. The van der Waals surface area contributed by atoms with E-state index in [4.69, 9.17) is 4.74 Å². The predicted molar refractivity (Wildman–Crippen MR) is 123 cm³/mol. The Bertz CT molecular complexity index is 1530. The van der Waals surface area contributed by atoms with Crippen molar-refractivity contribution in [1.82, 2.24) is 4.57 Å². The van der Waals surface area contributed by atoms with Gasteiger partial charge in [0.1, 0.15) is 5.56 Å². The van der Waals surface area contributed by atoms with E-state index >= 15 is 0 Å². The van der Waals surface area contributed by atoms with Crippen LogP contribution in [0.15, 0.2) is 29.2 Å². The summed E-state index contributed by atoms with van der Waals surface area (Å²) in [5.41, 5.74) is -8.39. The van der Waals surface area contributed by atoms with Crippen molar-refractivity contribution in [3.05, 3.63) is 45.7 Å². The molecule has 0 unspecified atom stereocenters. The van der Waals surface area contributed by atoms with Crippen LogP contribution in [0.2, 0.25) is 0 Å². The number of rotatable bonds is 5. The van der Waals surface area contributed by atoms with Crippen molar-refractivity contribution in [3.63, 3.8) is 0 Å². The minimum atomic E-state index is -6.33. The number of carbonyl (C=O) groups excluding carboxylic acids is 2. The number of anilines is 1. The molecule has 9 nitrogen and oxygen atoms in total. The molecule has 4 rings (SSSR count). The number of halogens is 6. The first-order valence-corrected chi connectivity index (χ1v) is 12.8. The highest BCUT2D eigenvalue weighted by molar-refractivity contribution is 7.88. The van der Waals surface area contributed by atoms with Crippen LogP contribution in [0.4, 0.5) is 32.0 Å². The molecule has 0 atom stereocenters. The van der Waals surface area contributed by atoms with Crippen LogP contribution in [-0.2, 0) is 31.6 Å². The van der Waals surface area contributed by atoms with Crippen molar-refractivity contribution in [1.29, 1.82) is 0 Å². The molecule has 1 aromatic heterocycles. The Morgan fingerprint density at radius 3 is 2.26 bits per heavy atom. The number of pyridine rings is 1. The van der Waals surface area contributed by atoms with Crippen molar-refractivity contribution in [2.24, 2.45) is 0 Å². The van der Waals surface area contributed by atoms with Crippen molar-refractivity contribution in [3.8, 4) is 17.0 Å². The monoisotopic (exact) mass is 582 g/mol. The molecule has 2 aromatic rings. The fourth-order valence-electron chi connectivity index (χ4n) is 4.73. The summed E-state index contributed by atoms with van der Waals surface area (Å²) in [5.74, 6) is -4.56. The Balaban J connectivity index is 1.97. The molecule has 1 fully saturated rings. The van der Waals surface area contributed by atoms with Gasteiger partial charge in [0.2, 0.25) is 0 Å². The van der Waals surface area contributed by atoms with Gasteiger partial charge in [-0.2, -0.15) is 34.8 Å². The SMILES string of the molecule is CCOC(=O)c1cn2c(cc1=O)-c1cc(N(C)C(=O)C(F)(F)F)c(OS(=O)(=O)C(F)(F)F)cc1CC21CCC1. The molecule has 0 saturated heterocycles. The topological polar surface area (TPSA) is 112 Å². The van der Waals surface area contributed by atoms with Crippen molar-refractivity contribution < 1.29 is 53.3 Å². The van der Waals surface area contributed by atoms with Crippen LogP contribution < -0.4 is 14.5 Å². The number of ether oxygens (including phenoxy) is 1. The van der Waals surface area contributed by atoms with E-state index in [1.807, 2.05) is 0 Å². The predicted octanol–water partition coefficient (Wildman–Crippen LogP) is 3.88. The van der Waals surface area contributed by atoms with Crippen molar-refractivity contribution >= 4 is 27.7 Å². The summed E-state index contributed by atoms with van der Waals surface area (Å²) in [5, 5.41) is 0. The zero-order chi connectivity index (χ0) is 29.1. The van der Waals surface area contributed by atoms with Crippen LogP contribution in [0.3, 0.4) is 0 Å². The molecular weight excluding hydrogens is 562 g/mol. The van der Waals surface area contributed by atoms with Gasteiger partial charge in [0.25, 0.3) is 0 Å². The Morgan fingerprint density at radius 2 is 1.74 bits per heavy atom. The van der Waals surface area contributed by atoms with Gasteiger partial charge in [0.05, 0.1) is 18.0 Å². The summed E-state index contributed by atoms with van der Waals surface area (Å²) in [6.07, 6.45) is -2.42. The van der Waals surface area contributed by atoms with Gasteiger partial charge in [-0.15, -0.1) is 0 Å². The zero-order valence-corrected chi connectivity index (χ0v) is 21.1. The van der Waals surface area contributed by atoms with Crippen molar-refractivity contribution in [2.75, 3.05) is 18.6 Å². The van der Waals surface area contributed by atoms with E-state index in [1.54, 1.807) is 4.57 Å². The van der Waals surface area contributed by atoms with Crippen LogP contribution in [0.1, 0.15) is 42.1 Å². The molecule has 16 heteroatoms. The number of fused-ring (bicyclic) bond motifs is 4. The molecule has 39 heavy (non-hydrogen) atoms. The highest BCUT2D eigenvalue weighted by Crippen LogP contribution is 2.51. The molecule has 0 radical (unpaired) electrons. The Morgan fingerprint density at radius 1 is 1.10 bits per heavy atom. The standard InChI is InChI=1S/C23H20F6N2O7S/c1-3-37-19(33)14-11-31-15(9-17(14)32)13-8-16(30(2)20(34)22(24,25)26)18(38-39(35,36)23(27,28)29)7-12(13)10-21(31)5-4-6-21/h7-9,11H,3-6,10H2,1-2H3. The smallest absolute Gasteiger partial charge is 0.462 e. The molecule has 2 heterocycles. The number of hydrogen-bond acceptors (Lipinski definition) is 7. The van der Waals surface area contributed by atoms with Crippen LogP contribution in [0.25, 0.3) is 11.3 Å². The molecule has 212 valence electrons. The van der Waals surface area contributed by atoms with E-state index < -0.39 is 56.1 Å². The lowest BCUT2D eigenvalue weighted by Gasteiger charge is -2.49. The van der Waals surface area contributed by atoms with E-state index in [0.717, 1.165) is 18.2 Å². The average molecular weight is 582 g/mol. The van der Waals surface area contributed by atoms with E-state index in [-0.39, 0.29) is 40.3 Å². The molecule has 1 aliphatic carbocycles. The van der Waals surface area contributed by atoms with Gasteiger partial charge in [-0.1, -0.05) is 0 Å². The molecule has 1 saturated carbocycles. The van der Waals surface area contributed by atoms with Gasteiger partial charge in [-0.3, -0.25) is 9.59 Å². The van der Waals surface area contributed by atoms with Gasteiger partial charge >= 0.3 is 33.7 Å². The minimum absolute atomic E-state index is 0.0134. The summed E-state index contributed by atoms with van der Waals surface area (Å²) < 4.78 is 113. The molecule has 2 aliphatic rings. The largest absolute Gasteiger partial charge is 0.534 e. The number of aromatic nitrogens is 1. The summed E-state index contributed by atoms with van der Waals surface area (Å²) in [4.78, 5) is 37.0. The van der Waals surface area contributed by atoms with Crippen LogP contribution >= 0.6 is 0 Å². The summed E-state index contributed by atoms with van der Waals surface area (Å²) in [6.45, 7) is 1.52. The molecule has 1 aromatic carbocycles. The lowest BCUT2D eigenvalue weighted by molar-refractivity contribution is -0.170. The maximum absolute atomic E-state index is 13.2. The zero-order valence-electron chi connectivity index (χ0n) is 20.3. The second-order valence-electron chi connectivity index (χ2n) is 9.10. The van der Waals surface area contributed by atoms with E-state index in [1.165, 1.54) is 13.1 Å². The maximum Gasteiger partial charge on any atom is 0.534 e. The average Bonchev–Trinajstić information content (AvgIpc) is 2.79. The first-order chi connectivity index (χ1) is 17.9. The number of carbonyl (C=O) groups is 2. The molecule has 1 amide bonds. The highest BCUT2D eigenvalue weighted by Gasteiger charge is 2.50. The molecular formula is C23H20F6N2O7S. The van der Waals surface area contributed by atoms with Gasteiger partial charge in [-0.25, -0.2) is 4.79 Å². The Kier molecular flexibility index (Phi) is 6.77. The Labute approximate surface area is 217 Å². The maximum atomic E-state index is 13.2. The second kappa shape index (κ2) is 9.27. The number of nitrogens with zero attached hydrogens (tertiary/aromatic N) is 2. The van der Waals surface area contributed by atoms with Crippen LogP contribution in [0, 0.1) is 0 Å². The molecule has 1 aliphatic heterocycles. The van der Waals surface area contributed by atoms with Crippen molar-refractivity contribution in [2.45, 2.75) is 49.8 Å². The summed E-state index contributed by atoms with van der Waals surface area (Å²) >= 11 is 0. The molecule has 0 N–H and O–H groups in total. The summed E-state index contributed by atoms with van der Waals surface area (Å²) in [7, 11) is -5.75. The van der Waals surface area contributed by atoms with Gasteiger partial charge < -0.3 is 18.4 Å². The normalized spacial score (nSPS) is 16.1. The van der Waals surface area contributed by atoms with E-state index in [0.29, 0.717) is 26.3 Å². The lowest BCUT2D eigenvalue weighted by atomic mass is 9.69. The third-order valence-corrected chi connectivity index (χ3v) is 7.68. The molecule has 0 bridgehead atoms. The fourth-order valence-corrected chi connectivity index (χ4v) is 5.19. The quantitative estimate of drug-likeness (QED) is 0.228. The van der Waals surface area contributed by atoms with E-state index in [9.17, 15) is 49.1 Å². The minimum Gasteiger partial charge on any atom is -0.462 e. The fraction of sp³-hybridized carbons (Fsp3) is 0.435. The number of amides is 1. The third-order valence-electron chi connectivity index (χ3n) is 6.71. The summed E-state index contributed by atoms with van der Waals surface area (Å²) in [6, 6.07) is 2.70. The first-order valence-electron chi connectivity index (χ1n) is 11.4. The first kappa shape index (κ1) is 28.4. The van der Waals surface area contributed by atoms with Crippen LogP contribution in [-0.4, -0.2) is 50.2 Å².